The van der Waals surface area contributed by atoms with Crippen LogP contribution in [0.2, 0.25) is 0 Å². The van der Waals surface area contributed by atoms with Crippen LogP contribution in [0.3, 0.4) is 0 Å². The molecule has 0 aromatic heterocycles. The van der Waals surface area contributed by atoms with Crippen molar-refractivity contribution in [1.29, 1.82) is 0 Å². The second kappa shape index (κ2) is 6.39. The predicted molar refractivity (Wildman–Crippen MR) is 75.0 cm³/mol. The largest absolute Gasteiger partial charge is 0.396 e. The molecule has 1 unspecified atom stereocenters. The fourth-order valence-electron chi connectivity index (χ4n) is 3.05. The Bertz CT molecular complexity index is 286. The summed E-state index contributed by atoms with van der Waals surface area (Å²) in [5.74, 6) is 0.675. The van der Waals surface area contributed by atoms with Crippen LogP contribution in [0.5, 0.6) is 0 Å². The molecule has 0 aromatic rings. The molecule has 0 aliphatic heterocycles. The van der Waals surface area contributed by atoms with E-state index in [4.69, 9.17) is 5.11 Å². The lowest BCUT2D eigenvalue weighted by atomic mass is 9.65. The summed E-state index contributed by atoms with van der Waals surface area (Å²) < 4.78 is 0. The lowest BCUT2D eigenvalue weighted by Gasteiger charge is -2.40. The van der Waals surface area contributed by atoms with Crippen LogP contribution >= 0.6 is 0 Å². The fourth-order valence-corrected chi connectivity index (χ4v) is 3.05. The van der Waals surface area contributed by atoms with Gasteiger partial charge in [-0.3, -0.25) is 0 Å². The van der Waals surface area contributed by atoms with Gasteiger partial charge in [0.2, 0.25) is 0 Å². The number of rotatable bonds is 5. The highest BCUT2D eigenvalue weighted by Crippen LogP contribution is 2.45. The topological polar surface area (TPSA) is 20.2 Å². The van der Waals surface area contributed by atoms with Gasteiger partial charge in [0, 0.05) is 6.61 Å². The van der Waals surface area contributed by atoms with Gasteiger partial charge in [0.15, 0.2) is 0 Å². The summed E-state index contributed by atoms with van der Waals surface area (Å²) in [5.41, 5.74) is 3.29. The zero-order chi connectivity index (χ0) is 12.9. The summed E-state index contributed by atoms with van der Waals surface area (Å²) >= 11 is 0. The van der Waals surface area contributed by atoms with Crippen LogP contribution in [0.15, 0.2) is 23.8 Å². The van der Waals surface area contributed by atoms with Gasteiger partial charge in [0.1, 0.15) is 0 Å². The fraction of sp³-hybridized carbons (Fsp3) is 0.750. The molecule has 1 atom stereocenters. The van der Waals surface area contributed by atoms with E-state index in [1.807, 2.05) is 0 Å². The predicted octanol–water partition coefficient (Wildman–Crippen LogP) is 4.48. The van der Waals surface area contributed by atoms with E-state index in [-0.39, 0.29) is 6.61 Å². The molecule has 17 heavy (non-hydrogen) atoms. The maximum Gasteiger partial charge on any atom is 0.0465 e. The number of hydrogen-bond acceptors (Lipinski definition) is 1. The molecular weight excluding hydrogens is 208 g/mol. The first-order valence-corrected chi connectivity index (χ1v) is 6.91. The summed E-state index contributed by atoms with van der Waals surface area (Å²) in [4.78, 5) is 0. The summed E-state index contributed by atoms with van der Waals surface area (Å²) in [6.45, 7) is 11.5. The SMILES string of the molecule is C=C1CCCC(C)(C)C1CC/C(C)=C\CCO. The average molecular weight is 236 g/mol. The van der Waals surface area contributed by atoms with E-state index >= 15 is 0 Å². The van der Waals surface area contributed by atoms with Crippen molar-refractivity contribution in [3.05, 3.63) is 23.8 Å². The minimum absolute atomic E-state index is 0.263. The van der Waals surface area contributed by atoms with E-state index in [1.165, 1.54) is 36.8 Å². The van der Waals surface area contributed by atoms with Crippen molar-refractivity contribution < 1.29 is 5.11 Å². The Labute approximate surface area is 107 Å². The third kappa shape index (κ3) is 4.31. The van der Waals surface area contributed by atoms with Gasteiger partial charge in [-0.15, -0.1) is 0 Å². The minimum atomic E-state index is 0.263. The van der Waals surface area contributed by atoms with E-state index < -0.39 is 0 Å². The molecule has 1 fully saturated rings. The lowest BCUT2D eigenvalue weighted by Crippen LogP contribution is -2.29. The van der Waals surface area contributed by atoms with E-state index in [1.54, 1.807) is 0 Å². The molecule has 0 amide bonds. The first kappa shape index (κ1) is 14.5. The Morgan fingerprint density at radius 3 is 2.82 bits per heavy atom. The molecule has 0 saturated heterocycles. The quantitative estimate of drug-likeness (QED) is 0.698. The van der Waals surface area contributed by atoms with Crippen LogP contribution in [0, 0.1) is 11.3 Å². The first-order chi connectivity index (χ1) is 7.97. The van der Waals surface area contributed by atoms with Crippen LogP contribution in [0.4, 0.5) is 0 Å². The Kier molecular flexibility index (Phi) is 5.45. The molecule has 0 radical (unpaired) electrons. The van der Waals surface area contributed by atoms with Gasteiger partial charge in [-0.1, -0.05) is 37.6 Å². The Morgan fingerprint density at radius 2 is 2.24 bits per heavy atom. The van der Waals surface area contributed by atoms with Gasteiger partial charge in [0.05, 0.1) is 0 Å². The number of allylic oxidation sites excluding steroid dienone is 2. The standard InChI is InChI=1S/C16H28O/c1-13(7-6-12-17)9-10-15-14(2)8-5-11-16(15,3)4/h7,15,17H,2,5-6,8-12H2,1,3-4H3/b13-7-. The van der Waals surface area contributed by atoms with E-state index in [0.717, 1.165) is 12.8 Å². The van der Waals surface area contributed by atoms with Crippen LogP contribution in [-0.4, -0.2) is 11.7 Å². The van der Waals surface area contributed by atoms with Crippen LogP contribution in [0.25, 0.3) is 0 Å². The monoisotopic (exact) mass is 236 g/mol. The molecular formula is C16H28O. The molecule has 1 aliphatic carbocycles. The van der Waals surface area contributed by atoms with Gasteiger partial charge in [0.25, 0.3) is 0 Å². The molecule has 0 heterocycles. The van der Waals surface area contributed by atoms with Crippen LogP contribution in [0.1, 0.15) is 59.3 Å². The van der Waals surface area contributed by atoms with Gasteiger partial charge in [-0.2, -0.15) is 0 Å². The highest BCUT2D eigenvalue weighted by molar-refractivity contribution is 5.11. The van der Waals surface area contributed by atoms with E-state index in [2.05, 4.69) is 33.4 Å². The zero-order valence-electron chi connectivity index (χ0n) is 11.8. The third-order valence-corrected chi connectivity index (χ3v) is 4.20. The maximum absolute atomic E-state index is 8.80. The molecule has 1 heteroatoms. The summed E-state index contributed by atoms with van der Waals surface area (Å²) in [6, 6.07) is 0. The summed E-state index contributed by atoms with van der Waals surface area (Å²) in [6.07, 6.45) is 9.18. The van der Waals surface area contributed by atoms with Crippen LogP contribution < -0.4 is 0 Å². The highest BCUT2D eigenvalue weighted by Gasteiger charge is 2.33. The van der Waals surface area contributed by atoms with Gasteiger partial charge >= 0.3 is 0 Å². The van der Waals surface area contributed by atoms with Crippen molar-refractivity contribution in [1.82, 2.24) is 0 Å². The normalized spacial score (nSPS) is 25.1. The Balaban J connectivity index is 2.51. The molecule has 0 aromatic carbocycles. The van der Waals surface area contributed by atoms with Crippen molar-refractivity contribution in [2.24, 2.45) is 11.3 Å². The number of hydrogen-bond donors (Lipinski definition) is 1. The lowest BCUT2D eigenvalue weighted by molar-refractivity contribution is 0.180. The zero-order valence-corrected chi connectivity index (χ0v) is 11.8. The molecule has 0 spiro atoms. The second-order valence-corrected chi connectivity index (χ2v) is 6.15. The molecule has 1 saturated carbocycles. The summed E-state index contributed by atoms with van der Waals surface area (Å²) in [7, 11) is 0. The molecule has 1 N–H and O–H groups in total. The van der Waals surface area contributed by atoms with Crippen LogP contribution in [-0.2, 0) is 0 Å². The van der Waals surface area contributed by atoms with Gasteiger partial charge in [-0.25, -0.2) is 0 Å². The molecule has 0 bridgehead atoms. The minimum Gasteiger partial charge on any atom is -0.396 e. The highest BCUT2D eigenvalue weighted by atomic mass is 16.2. The summed E-state index contributed by atoms with van der Waals surface area (Å²) in [5, 5.41) is 8.80. The van der Waals surface area contributed by atoms with E-state index in [9.17, 15) is 0 Å². The molecule has 1 aliphatic rings. The Hall–Kier alpha value is -0.560. The second-order valence-electron chi connectivity index (χ2n) is 6.15. The number of aliphatic hydroxyl groups is 1. The van der Waals surface area contributed by atoms with Crippen molar-refractivity contribution in [2.45, 2.75) is 59.3 Å². The van der Waals surface area contributed by atoms with Gasteiger partial charge < -0.3 is 5.11 Å². The maximum atomic E-state index is 8.80. The van der Waals surface area contributed by atoms with Crippen molar-refractivity contribution >= 4 is 0 Å². The molecule has 98 valence electrons. The Morgan fingerprint density at radius 1 is 1.53 bits per heavy atom. The van der Waals surface area contributed by atoms with Crippen molar-refractivity contribution in [3.8, 4) is 0 Å². The average Bonchev–Trinajstić information content (AvgIpc) is 2.24. The van der Waals surface area contributed by atoms with E-state index in [0.29, 0.717) is 11.3 Å². The molecule has 1 nitrogen and oxygen atoms in total. The van der Waals surface area contributed by atoms with Gasteiger partial charge in [-0.05, 0) is 56.8 Å². The third-order valence-electron chi connectivity index (χ3n) is 4.20. The van der Waals surface area contributed by atoms with Crippen molar-refractivity contribution in [2.75, 3.05) is 6.61 Å². The smallest absolute Gasteiger partial charge is 0.0465 e. The van der Waals surface area contributed by atoms with Crippen molar-refractivity contribution in [3.63, 3.8) is 0 Å². The molecule has 1 rings (SSSR count). The first-order valence-electron chi connectivity index (χ1n) is 6.91. The number of aliphatic hydroxyl groups excluding tert-OH is 1.